The number of hydrogen-bond donors (Lipinski definition) is 2. The van der Waals surface area contributed by atoms with Gasteiger partial charge in [0.1, 0.15) is 25.0 Å². The Labute approximate surface area is 198 Å². The number of alkyl halides is 1. The van der Waals surface area contributed by atoms with Crippen molar-refractivity contribution in [1.29, 1.82) is 0 Å². The van der Waals surface area contributed by atoms with Crippen molar-refractivity contribution >= 4 is 29.8 Å². The van der Waals surface area contributed by atoms with E-state index in [1.807, 2.05) is 21.0 Å². The normalized spacial score (nSPS) is 32.7. The molecule has 3 saturated heterocycles. The lowest BCUT2D eigenvalue weighted by atomic mass is 9.79. The highest BCUT2D eigenvalue weighted by atomic mass is 32.2. The first kappa shape index (κ1) is 24.4. The van der Waals surface area contributed by atoms with Gasteiger partial charge in [0.2, 0.25) is 11.8 Å². The second-order valence-corrected chi connectivity index (χ2v) is 11.3. The van der Waals surface area contributed by atoms with Crippen molar-refractivity contribution in [3.05, 3.63) is 11.8 Å². The van der Waals surface area contributed by atoms with Crippen LogP contribution in [0.5, 0.6) is 0 Å². The van der Waals surface area contributed by atoms with Crippen molar-refractivity contribution in [2.45, 2.75) is 49.7 Å². The fourth-order valence-corrected chi connectivity index (χ4v) is 6.02. The maximum absolute atomic E-state index is 12.8. The molecule has 9 nitrogen and oxygen atoms in total. The van der Waals surface area contributed by atoms with Crippen LogP contribution in [0.25, 0.3) is 0 Å². The van der Waals surface area contributed by atoms with E-state index in [4.69, 9.17) is 4.18 Å². The van der Waals surface area contributed by atoms with Crippen molar-refractivity contribution in [2.75, 3.05) is 46.9 Å². The molecular weight excluding hydrogens is 451 g/mol. The summed E-state index contributed by atoms with van der Waals surface area (Å²) in [5.41, 5.74) is 0.237. The molecule has 4 rings (SSSR count). The summed E-state index contributed by atoms with van der Waals surface area (Å²) in [5, 5.41) is 13.0. The molecule has 33 heavy (non-hydrogen) atoms. The molecule has 4 aliphatic rings. The van der Waals surface area contributed by atoms with Crippen LogP contribution in [0, 0.1) is 11.8 Å². The minimum atomic E-state index is -0.756. The van der Waals surface area contributed by atoms with Gasteiger partial charge in [-0.25, -0.2) is 9.18 Å². The van der Waals surface area contributed by atoms with Crippen LogP contribution in [0.2, 0.25) is 0 Å². The number of amides is 2. The average Bonchev–Trinajstić information content (AvgIpc) is 3.27. The van der Waals surface area contributed by atoms with Crippen LogP contribution in [-0.2, 0) is 18.6 Å². The zero-order valence-corrected chi connectivity index (χ0v) is 20.4. The Morgan fingerprint density at radius 1 is 1.39 bits per heavy atom. The van der Waals surface area contributed by atoms with E-state index < -0.39 is 18.0 Å². The summed E-state index contributed by atoms with van der Waals surface area (Å²) in [6.45, 7) is 5.37. The molecule has 4 aliphatic heterocycles. The number of fused-ring (bicyclic) bond motifs is 1. The van der Waals surface area contributed by atoms with Gasteiger partial charge in [-0.2, -0.15) is 0 Å². The van der Waals surface area contributed by atoms with Gasteiger partial charge in [-0.05, 0) is 25.3 Å². The number of hydrogen-bond acceptors (Lipinski definition) is 7. The van der Waals surface area contributed by atoms with Crippen LogP contribution in [0.1, 0.15) is 20.3 Å². The summed E-state index contributed by atoms with van der Waals surface area (Å²) in [5.74, 6) is -1.30. The Morgan fingerprint density at radius 3 is 2.73 bits per heavy atom. The molecule has 0 spiro atoms. The number of carbonyl (C=O) groups is 3. The molecule has 0 bridgehead atoms. The summed E-state index contributed by atoms with van der Waals surface area (Å²) < 4.78 is 18.7. The standard InChI is InChI=1S/C22H34FN4O5S/c1-12-7-17(26-19(12)18(13(2)28)21(26)30)22(31)32-33-15-8-16(24-9-15)20(29)25-10-14(11-25)27(3,4)6-5-23/h7,12-16,18-19,24,28H,5-6,8-11H2,1-4H3/q+1/t12?,13?,15?,16?,18?,19-/m0/s1. The molecule has 0 radical (unpaired) electrons. The van der Waals surface area contributed by atoms with Crippen LogP contribution in [-0.4, -0.2) is 114 Å². The Bertz CT molecular complexity index is 847. The molecule has 5 unspecified atom stereocenters. The number of likely N-dealkylation sites (N-methyl/N-ethyl adjacent to an activating group) is 1. The molecule has 0 aromatic heterocycles. The van der Waals surface area contributed by atoms with Crippen molar-refractivity contribution in [3.63, 3.8) is 0 Å². The second-order valence-electron chi connectivity index (χ2n) is 10.3. The molecule has 3 fully saturated rings. The Balaban J connectivity index is 1.22. The van der Waals surface area contributed by atoms with Gasteiger partial charge in [0.25, 0.3) is 0 Å². The van der Waals surface area contributed by atoms with E-state index in [0.29, 0.717) is 37.1 Å². The van der Waals surface area contributed by atoms with Gasteiger partial charge in [-0.3, -0.25) is 9.59 Å². The lowest BCUT2D eigenvalue weighted by Crippen LogP contribution is -2.68. The SMILES string of the molecule is CC(O)C1C(=O)N2C(C(=O)OSC3CNC(C(=O)N4CC([N+](C)(C)CCF)C4)C3)=CC(C)[C@@H]12. The van der Waals surface area contributed by atoms with E-state index in [2.05, 4.69) is 5.32 Å². The summed E-state index contributed by atoms with van der Waals surface area (Å²) in [6.07, 6.45) is 1.52. The smallest absolute Gasteiger partial charge is 0.366 e. The number of likely N-dealkylation sites (tertiary alicyclic amines) is 1. The van der Waals surface area contributed by atoms with Crippen molar-refractivity contribution < 1.29 is 32.5 Å². The molecule has 11 heteroatoms. The van der Waals surface area contributed by atoms with Crippen molar-refractivity contribution in [1.82, 2.24) is 15.1 Å². The molecular formula is C22H34FN4O5S+. The lowest BCUT2D eigenvalue weighted by Gasteiger charge is -2.48. The molecule has 184 valence electrons. The van der Waals surface area contributed by atoms with Gasteiger partial charge in [0.15, 0.2) is 0 Å². The predicted octanol–water partition coefficient (Wildman–Crippen LogP) is -0.0936. The summed E-state index contributed by atoms with van der Waals surface area (Å²) in [6, 6.07) is -0.271. The van der Waals surface area contributed by atoms with Crippen LogP contribution in [0.15, 0.2) is 11.8 Å². The highest BCUT2D eigenvalue weighted by Crippen LogP contribution is 2.44. The fraction of sp³-hybridized carbons (Fsp3) is 0.773. The average molecular weight is 486 g/mol. The summed E-state index contributed by atoms with van der Waals surface area (Å²) in [7, 11) is 3.98. The number of nitrogens with zero attached hydrogens (tertiary/aromatic N) is 3. The lowest BCUT2D eigenvalue weighted by molar-refractivity contribution is -0.919. The molecule has 0 aromatic carbocycles. The number of aliphatic hydroxyl groups excluding tert-OH is 1. The number of aliphatic hydroxyl groups is 1. The fourth-order valence-electron chi connectivity index (χ4n) is 5.28. The number of halogens is 1. The maximum atomic E-state index is 12.8. The molecule has 2 N–H and O–H groups in total. The minimum absolute atomic E-state index is 0.0288. The topological polar surface area (TPSA) is 99.2 Å². The monoisotopic (exact) mass is 485 g/mol. The molecule has 6 atom stereocenters. The third kappa shape index (κ3) is 4.40. The largest absolute Gasteiger partial charge is 0.393 e. The minimum Gasteiger partial charge on any atom is -0.393 e. The van der Waals surface area contributed by atoms with Gasteiger partial charge in [-0.15, -0.1) is 0 Å². The highest BCUT2D eigenvalue weighted by Gasteiger charge is 2.57. The number of β-lactam (4-membered cyclic amide) rings is 1. The second kappa shape index (κ2) is 9.16. The maximum Gasteiger partial charge on any atom is 0.366 e. The summed E-state index contributed by atoms with van der Waals surface area (Å²) in [4.78, 5) is 41.0. The highest BCUT2D eigenvalue weighted by molar-refractivity contribution is 7.95. The van der Waals surface area contributed by atoms with Crippen molar-refractivity contribution in [2.24, 2.45) is 11.8 Å². The van der Waals surface area contributed by atoms with Crippen LogP contribution in [0.4, 0.5) is 4.39 Å². The van der Waals surface area contributed by atoms with Gasteiger partial charge in [0.05, 0.1) is 68.6 Å². The molecule has 0 saturated carbocycles. The Hall–Kier alpha value is -1.69. The van der Waals surface area contributed by atoms with Gasteiger partial charge in [0, 0.05) is 6.54 Å². The predicted molar refractivity (Wildman–Crippen MR) is 120 cm³/mol. The van der Waals surface area contributed by atoms with Crippen LogP contribution in [0.3, 0.4) is 0 Å². The zero-order valence-electron chi connectivity index (χ0n) is 19.6. The van der Waals surface area contributed by atoms with Gasteiger partial charge >= 0.3 is 5.97 Å². The van der Waals surface area contributed by atoms with E-state index in [0.717, 1.165) is 12.0 Å². The van der Waals surface area contributed by atoms with E-state index in [1.165, 1.54) is 4.90 Å². The first-order chi connectivity index (χ1) is 15.5. The molecule has 0 aliphatic carbocycles. The van der Waals surface area contributed by atoms with E-state index in [-0.39, 0.29) is 53.5 Å². The van der Waals surface area contributed by atoms with Crippen LogP contribution >= 0.6 is 12.0 Å². The number of carbonyl (C=O) groups excluding carboxylic acids is 3. The van der Waals surface area contributed by atoms with Gasteiger partial charge in [-0.1, -0.05) is 6.92 Å². The zero-order chi connectivity index (χ0) is 24.1. The first-order valence-corrected chi connectivity index (χ1v) is 12.4. The van der Waals surface area contributed by atoms with E-state index in [9.17, 15) is 23.9 Å². The van der Waals surface area contributed by atoms with Gasteiger partial charge < -0.3 is 28.9 Å². The van der Waals surface area contributed by atoms with Crippen LogP contribution < -0.4 is 5.32 Å². The quantitative estimate of drug-likeness (QED) is 0.282. The Morgan fingerprint density at radius 2 is 2.09 bits per heavy atom. The number of rotatable bonds is 8. The first-order valence-electron chi connectivity index (χ1n) is 11.6. The van der Waals surface area contributed by atoms with E-state index in [1.54, 1.807) is 17.9 Å². The number of nitrogens with one attached hydrogen (secondary N) is 1. The number of quaternary nitrogens is 1. The molecule has 0 aromatic rings. The van der Waals surface area contributed by atoms with Crippen molar-refractivity contribution in [3.8, 4) is 0 Å². The molecule has 2 amide bonds. The Kier molecular flexibility index (Phi) is 6.78. The molecule has 4 heterocycles. The van der Waals surface area contributed by atoms with E-state index >= 15 is 0 Å². The third-order valence-corrected chi connectivity index (χ3v) is 8.49. The third-order valence-electron chi connectivity index (χ3n) is 7.61. The summed E-state index contributed by atoms with van der Waals surface area (Å²) >= 11 is 1.03.